The summed E-state index contributed by atoms with van der Waals surface area (Å²) in [5.74, 6) is 0.0454. The predicted molar refractivity (Wildman–Crippen MR) is 88.2 cm³/mol. The van der Waals surface area contributed by atoms with Gasteiger partial charge in [0.15, 0.2) is 5.78 Å². The third-order valence-electron chi connectivity index (χ3n) is 5.15. The number of alkyl halides is 2. The predicted octanol–water partition coefficient (Wildman–Crippen LogP) is 5.36. The SMILES string of the molecule is C=C1C(=O)C=C(Br)C(C)(C)[C@]12CC[C@](C)(Cl)[C@@H](Br)C2. The normalized spacial score (nSPS) is 42.4. The highest BCUT2D eigenvalue weighted by Gasteiger charge is 2.57. The Balaban J connectivity index is 2.51. The molecule has 0 aliphatic heterocycles. The maximum Gasteiger partial charge on any atom is 0.182 e. The van der Waals surface area contributed by atoms with Crippen molar-refractivity contribution in [2.75, 3.05) is 0 Å². The molecular weight excluding hydrogens is 391 g/mol. The van der Waals surface area contributed by atoms with Crippen molar-refractivity contribution >= 4 is 49.2 Å². The van der Waals surface area contributed by atoms with Gasteiger partial charge in [-0.15, -0.1) is 11.6 Å². The van der Waals surface area contributed by atoms with Gasteiger partial charge < -0.3 is 0 Å². The van der Waals surface area contributed by atoms with Crippen LogP contribution in [0.15, 0.2) is 22.7 Å². The summed E-state index contributed by atoms with van der Waals surface area (Å²) >= 11 is 13.9. The van der Waals surface area contributed by atoms with E-state index in [0.717, 1.165) is 29.3 Å². The molecule has 0 aromatic rings. The summed E-state index contributed by atoms with van der Waals surface area (Å²) in [7, 11) is 0. The second kappa shape index (κ2) is 4.71. The molecule has 19 heavy (non-hydrogen) atoms. The lowest BCUT2D eigenvalue weighted by Crippen LogP contribution is -2.52. The molecule has 0 radical (unpaired) electrons. The summed E-state index contributed by atoms with van der Waals surface area (Å²) in [6.07, 6.45) is 4.29. The van der Waals surface area contributed by atoms with E-state index in [1.54, 1.807) is 6.08 Å². The third kappa shape index (κ3) is 2.20. The van der Waals surface area contributed by atoms with E-state index in [4.69, 9.17) is 11.6 Å². The van der Waals surface area contributed by atoms with Gasteiger partial charge in [-0.05, 0) is 37.8 Å². The highest BCUT2D eigenvalue weighted by atomic mass is 79.9. The number of rotatable bonds is 0. The van der Waals surface area contributed by atoms with Crippen molar-refractivity contribution in [3.8, 4) is 0 Å². The molecule has 1 spiro atoms. The summed E-state index contributed by atoms with van der Waals surface area (Å²) in [6.45, 7) is 10.5. The van der Waals surface area contributed by atoms with Crippen molar-refractivity contribution < 1.29 is 4.79 Å². The van der Waals surface area contributed by atoms with E-state index < -0.39 is 0 Å². The molecule has 0 amide bonds. The average molecular weight is 411 g/mol. The first-order chi connectivity index (χ1) is 8.54. The van der Waals surface area contributed by atoms with E-state index >= 15 is 0 Å². The molecule has 2 aliphatic rings. The van der Waals surface area contributed by atoms with Crippen LogP contribution in [-0.4, -0.2) is 15.5 Å². The molecule has 0 N–H and O–H groups in total. The fraction of sp³-hybridized carbons (Fsp3) is 0.667. The fourth-order valence-corrected chi connectivity index (χ4v) is 4.84. The van der Waals surface area contributed by atoms with Crippen LogP contribution in [0.5, 0.6) is 0 Å². The number of carbonyl (C=O) groups excluding carboxylic acids is 1. The largest absolute Gasteiger partial charge is 0.290 e. The molecule has 106 valence electrons. The van der Waals surface area contributed by atoms with Crippen molar-refractivity contribution in [2.24, 2.45) is 10.8 Å². The van der Waals surface area contributed by atoms with Gasteiger partial charge in [0.2, 0.25) is 0 Å². The minimum Gasteiger partial charge on any atom is -0.290 e. The smallest absolute Gasteiger partial charge is 0.182 e. The second-order valence-electron chi connectivity index (χ2n) is 6.49. The van der Waals surface area contributed by atoms with E-state index in [0.29, 0.717) is 0 Å². The monoisotopic (exact) mass is 408 g/mol. The van der Waals surface area contributed by atoms with Gasteiger partial charge in [0.1, 0.15) is 0 Å². The number of halogens is 3. The van der Waals surface area contributed by atoms with Gasteiger partial charge >= 0.3 is 0 Å². The maximum absolute atomic E-state index is 12.2. The summed E-state index contributed by atoms with van der Waals surface area (Å²) in [5, 5.41) is 0. The van der Waals surface area contributed by atoms with Crippen LogP contribution < -0.4 is 0 Å². The summed E-state index contributed by atoms with van der Waals surface area (Å²) in [6, 6.07) is 0. The van der Waals surface area contributed by atoms with Crippen LogP contribution >= 0.6 is 43.5 Å². The minimum absolute atomic E-state index is 0.0454. The number of allylic oxidation sites excluding steroid dienone is 3. The van der Waals surface area contributed by atoms with Crippen molar-refractivity contribution in [3.05, 3.63) is 22.7 Å². The Kier molecular flexibility index (Phi) is 3.91. The van der Waals surface area contributed by atoms with Crippen LogP contribution in [-0.2, 0) is 4.79 Å². The van der Waals surface area contributed by atoms with Crippen LogP contribution in [0.25, 0.3) is 0 Å². The molecule has 1 saturated carbocycles. The lowest BCUT2D eigenvalue weighted by atomic mass is 9.51. The molecule has 2 rings (SSSR count). The Morgan fingerprint density at radius 1 is 1.37 bits per heavy atom. The first-order valence-corrected chi connectivity index (χ1v) is 8.58. The van der Waals surface area contributed by atoms with Crippen molar-refractivity contribution in [1.82, 2.24) is 0 Å². The zero-order chi connectivity index (χ0) is 14.6. The van der Waals surface area contributed by atoms with Gasteiger partial charge in [-0.1, -0.05) is 52.3 Å². The molecule has 0 bridgehead atoms. The fourth-order valence-electron chi connectivity index (χ4n) is 3.30. The summed E-state index contributed by atoms with van der Waals surface area (Å²) in [4.78, 5) is 12.1. The van der Waals surface area contributed by atoms with E-state index in [2.05, 4.69) is 59.2 Å². The van der Waals surface area contributed by atoms with Crippen LogP contribution in [0.2, 0.25) is 0 Å². The van der Waals surface area contributed by atoms with Gasteiger partial charge in [-0.25, -0.2) is 0 Å². The van der Waals surface area contributed by atoms with Gasteiger partial charge in [0.05, 0.1) is 4.87 Å². The zero-order valence-corrected chi connectivity index (χ0v) is 15.5. The molecule has 0 unspecified atom stereocenters. The number of carbonyl (C=O) groups is 1. The Morgan fingerprint density at radius 2 is 1.95 bits per heavy atom. The molecule has 1 fully saturated rings. The van der Waals surface area contributed by atoms with E-state index in [1.165, 1.54) is 0 Å². The molecule has 2 aliphatic carbocycles. The molecule has 0 heterocycles. The maximum atomic E-state index is 12.2. The highest BCUT2D eigenvalue weighted by molar-refractivity contribution is 9.11. The second-order valence-corrected chi connectivity index (χ2v) is 9.32. The van der Waals surface area contributed by atoms with E-state index in [-0.39, 0.29) is 26.3 Å². The Morgan fingerprint density at radius 3 is 2.47 bits per heavy atom. The van der Waals surface area contributed by atoms with E-state index in [1.807, 2.05) is 0 Å². The third-order valence-corrected chi connectivity index (χ3v) is 8.42. The molecule has 0 aromatic carbocycles. The van der Waals surface area contributed by atoms with Crippen molar-refractivity contribution in [1.29, 1.82) is 0 Å². The lowest BCUT2D eigenvalue weighted by Gasteiger charge is -2.56. The highest BCUT2D eigenvalue weighted by Crippen LogP contribution is 2.63. The number of hydrogen-bond acceptors (Lipinski definition) is 1. The van der Waals surface area contributed by atoms with Crippen LogP contribution in [0.3, 0.4) is 0 Å². The van der Waals surface area contributed by atoms with Gasteiger partial charge in [0, 0.05) is 20.1 Å². The summed E-state index contributed by atoms with van der Waals surface area (Å²) in [5.41, 5.74) is 0.398. The van der Waals surface area contributed by atoms with Crippen molar-refractivity contribution in [2.45, 2.75) is 49.7 Å². The van der Waals surface area contributed by atoms with Crippen LogP contribution in [0, 0.1) is 10.8 Å². The van der Waals surface area contributed by atoms with Gasteiger partial charge in [-0.3, -0.25) is 4.79 Å². The lowest BCUT2D eigenvalue weighted by molar-refractivity contribution is -0.114. The van der Waals surface area contributed by atoms with Gasteiger partial charge in [0.25, 0.3) is 0 Å². The molecular formula is C15H19Br2ClO. The van der Waals surface area contributed by atoms with E-state index in [9.17, 15) is 4.79 Å². The average Bonchev–Trinajstić information content (AvgIpc) is 2.30. The number of hydrogen-bond donors (Lipinski definition) is 0. The molecule has 1 nitrogen and oxygen atoms in total. The van der Waals surface area contributed by atoms with Crippen LogP contribution in [0.1, 0.15) is 40.0 Å². The minimum atomic E-state index is -0.252. The standard InChI is InChI=1S/C15H19Br2ClO/c1-9-10(19)7-11(16)13(2,3)15(9)6-5-14(4,18)12(17)8-15/h7,12H,1,5-6,8H2,2-4H3/t12-,14-,15-/m0/s1. The topological polar surface area (TPSA) is 17.1 Å². The first-order valence-electron chi connectivity index (χ1n) is 6.49. The Labute approximate surface area is 137 Å². The summed E-state index contributed by atoms with van der Waals surface area (Å²) < 4.78 is 0.968. The van der Waals surface area contributed by atoms with Gasteiger partial charge in [-0.2, -0.15) is 0 Å². The quantitative estimate of drug-likeness (QED) is 0.388. The Hall–Kier alpha value is 0.400. The molecule has 0 aromatic heterocycles. The zero-order valence-electron chi connectivity index (χ0n) is 11.5. The van der Waals surface area contributed by atoms with Crippen molar-refractivity contribution in [3.63, 3.8) is 0 Å². The molecule has 4 heteroatoms. The van der Waals surface area contributed by atoms with Crippen LogP contribution in [0.4, 0.5) is 0 Å². The molecule has 3 atom stereocenters. The number of ketones is 1. The molecule has 0 saturated heterocycles. The Bertz CT molecular complexity index is 479. The first kappa shape index (κ1) is 15.8.